The summed E-state index contributed by atoms with van der Waals surface area (Å²) < 4.78 is 10.8. The molecule has 5 nitrogen and oxygen atoms in total. The average Bonchev–Trinajstić information content (AvgIpc) is 3.49. The average molecular weight is 1150 g/mol. The van der Waals surface area contributed by atoms with Gasteiger partial charge in [0.25, 0.3) is 0 Å². The topological polar surface area (TPSA) is 72.8 Å². The molecule has 0 spiro atoms. The highest BCUT2D eigenvalue weighted by atomic mass is 16.6. The predicted octanol–water partition coefficient (Wildman–Crippen LogP) is 26.3. The van der Waals surface area contributed by atoms with E-state index >= 15 is 0 Å². The van der Waals surface area contributed by atoms with E-state index in [1.165, 1.54) is 372 Å². The maximum Gasteiger partial charge on any atom is 0.306 e. The summed E-state index contributed by atoms with van der Waals surface area (Å²) in [6.45, 7) is 4.20. The quantitative estimate of drug-likeness (QED) is 0.0373. The van der Waals surface area contributed by atoms with Crippen LogP contribution in [0.4, 0.5) is 0 Å². The van der Waals surface area contributed by atoms with Crippen LogP contribution in [0.1, 0.15) is 438 Å². The smallest absolute Gasteiger partial charge is 0.306 e. The zero-order chi connectivity index (χ0) is 59.1. The van der Waals surface area contributed by atoms with Crippen molar-refractivity contribution in [3.05, 3.63) is 24.3 Å². The van der Waals surface area contributed by atoms with Crippen molar-refractivity contribution in [2.45, 2.75) is 444 Å². The van der Waals surface area contributed by atoms with Crippen LogP contribution in [0.2, 0.25) is 0 Å². The minimum Gasteiger partial charge on any atom is -0.462 e. The number of ether oxygens (including phenoxy) is 2. The summed E-state index contributed by atoms with van der Waals surface area (Å²) in [5, 5.41) is 9.71. The van der Waals surface area contributed by atoms with Gasteiger partial charge in [-0.25, -0.2) is 0 Å². The van der Waals surface area contributed by atoms with E-state index in [1.807, 2.05) is 0 Å². The number of esters is 2. The first kappa shape index (κ1) is 80.4. The van der Waals surface area contributed by atoms with Crippen LogP contribution in [-0.4, -0.2) is 36.4 Å². The number of carbonyl (C=O) groups is 2. The molecule has 0 saturated carbocycles. The summed E-state index contributed by atoms with van der Waals surface area (Å²) in [5.41, 5.74) is 0. The van der Waals surface area contributed by atoms with Crippen LogP contribution in [0.5, 0.6) is 0 Å². The Morgan fingerprint density at radius 1 is 0.280 bits per heavy atom. The highest BCUT2D eigenvalue weighted by Crippen LogP contribution is 2.20. The SMILES string of the molecule is CCCCCCC/C=C\C/C=C\CCCCCCCCCCCCCCCCCC(=O)OC(CO)COC(=O)CCCCCCCCCCCCCCCCCCCCCCCCCCCCCCCCCCCCCCCCCCC. The number of rotatable bonds is 72. The van der Waals surface area contributed by atoms with Gasteiger partial charge in [-0.2, -0.15) is 0 Å². The van der Waals surface area contributed by atoms with Gasteiger partial charge in [0.2, 0.25) is 0 Å². The fourth-order valence-corrected chi connectivity index (χ4v) is 12.1. The van der Waals surface area contributed by atoms with Gasteiger partial charge in [-0.15, -0.1) is 0 Å². The monoisotopic (exact) mass is 1150 g/mol. The van der Waals surface area contributed by atoms with Crippen molar-refractivity contribution in [2.24, 2.45) is 0 Å². The highest BCUT2D eigenvalue weighted by molar-refractivity contribution is 5.70. The zero-order valence-electron chi connectivity index (χ0n) is 56.1. The normalized spacial score (nSPS) is 12.2. The molecule has 1 atom stereocenters. The first-order valence-electron chi connectivity index (χ1n) is 37.9. The molecule has 0 radical (unpaired) electrons. The Balaban J connectivity index is 3.34. The number of allylic oxidation sites excluding steroid dienone is 4. The molecule has 0 bridgehead atoms. The molecule has 1 N–H and O–H groups in total. The van der Waals surface area contributed by atoms with Crippen molar-refractivity contribution < 1.29 is 24.2 Å². The number of aliphatic hydroxyl groups is 1. The molecule has 486 valence electrons. The molecular weight excluding hydrogens is 1000 g/mol. The number of aliphatic hydroxyl groups excluding tert-OH is 1. The first-order valence-corrected chi connectivity index (χ1v) is 37.9. The molecule has 0 fully saturated rings. The second-order valence-electron chi connectivity index (χ2n) is 26.1. The van der Waals surface area contributed by atoms with Crippen LogP contribution >= 0.6 is 0 Å². The summed E-state index contributed by atoms with van der Waals surface area (Å²) in [6, 6.07) is 0. The van der Waals surface area contributed by atoms with Crippen LogP contribution < -0.4 is 0 Å². The lowest BCUT2D eigenvalue weighted by molar-refractivity contribution is -0.161. The van der Waals surface area contributed by atoms with Crippen LogP contribution in [0.25, 0.3) is 0 Å². The van der Waals surface area contributed by atoms with Crippen molar-refractivity contribution in [2.75, 3.05) is 13.2 Å². The molecule has 0 aliphatic carbocycles. The minimum atomic E-state index is -0.770. The maximum absolute atomic E-state index is 12.4. The number of hydrogen-bond acceptors (Lipinski definition) is 5. The van der Waals surface area contributed by atoms with Crippen LogP contribution in [0.3, 0.4) is 0 Å². The Bertz CT molecular complexity index is 1260. The van der Waals surface area contributed by atoms with E-state index in [4.69, 9.17) is 9.47 Å². The fourth-order valence-electron chi connectivity index (χ4n) is 12.1. The van der Waals surface area contributed by atoms with E-state index in [1.54, 1.807) is 0 Å². The van der Waals surface area contributed by atoms with Gasteiger partial charge in [0, 0.05) is 12.8 Å². The van der Waals surface area contributed by atoms with Gasteiger partial charge in [-0.1, -0.05) is 404 Å². The maximum atomic E-state index is 12.4. The summed E-state index contributed by atoms with van der Waals surface area (Å²) in [6.07, 6.45) is 96.9. The lowest BCUT2D eigenvalue weighted by atomic mass is 10.0. The highest BCUT2D eigenvalue weighted by Gasteiger charge is 2.16. The number of carbonyl (C=O) groups excluding carboxylic acids is 2. The molecule has 0 heterocycles. The second-order valence-corrected chi connectivity index (χ2v) is 26.1. The molecule has 1 unspecified atom stereocenters. The molecule has 82 heavy (non-hydrogen) atoms. The molecule has 0 aromatic heterocycles. The molecule has 0 rings (SSSR count). The standard InChI is InChI=1S/C77H148O5/c1-3-5-7-9-11-13-15-17-19-21-23-25-27-29-31-32-33-34-35-36-37-38-39-40-41-42-43-44-46-47-49-51-53-55-57-59-61-63-65-67-69-71-76(79)81-74-75(73-78)82-77(80)72-70-68-66-64-62-60-58-56-54-52-50-48-45-30-28-26-24-22-20-18-16-14-12-10-8-6-4-2/h16,18,22,24,75,78H,3-15,17,19-21,23,25-74H2,1-2H3/b18-16-,24-22-. The molecule has 0 saturated heterocycles. The van der Waals surface area contributed by atoms with Crippen molar-refractivity contribution >= 4 is 11.9 Å². The van der Waals surface area contributed by atoms with Gasteiger partial charge < -0.3 is 14.6 Å². The third kappa shape index (κ3) is 70.9. The van der Waals surface area contributed by atoms with E-state index in [9.17, 15) is 14.7 Å². The van der Waals surface area contributed by atoms with Crippen molar-refractivity contribution in [1.29, 1.82) is 0 Å². The Hall–Kier alpha value is -1.62. The van der Waals surface area contributed by atoms with E-state index < -0.39 is 6.10 Å². The third-order valence-electron chi connectivity index (χ3n) is 17.7. The van der Waals surface area contributed by atoms with Crippen LogP contribution in [0.15, 0.2) is 24.3 Å². The molecular formula is C77H148O5. The van der Waals surface area contributed by atoms with E-state index in [0.717, 1.165) is 38.5 Å². The van der Waals surface area contributed by atoms with Gasteiger partial charge in [0.05, 0.1) is 6.61 Å². The van der Waals surface area contributed by atoms with Crippen molar-refractivity contribution in [1.82, 2.24) is 0 Å². The van der Waals surface area contributed by atoms with Crippen LogP contribution in [0, 0.1) is 0 Å². The molecule has 0 aliphatic heterocycles. The summed E-state index contributed by atoms with van der Waals surface area (Å²) in [7, 11) is 0. The number of hydrogen-bond donors (Lipinski definition) is 1. The summed E-state index contributed by atoms with van der Waals surface area (Å²) in [5.74, 6) is -0.564. The Morgan fingerprint density at radius 2 is 0.488 bits per heavy atom. The van der Waals surface area contributed by atoms with Gasteiger partial charge in [-0.3, -0.25) is 9.59 Å². The predicted molar refractivity (Wildman–Crippen MR) is 362 cm³/mol. The van der Waals surface area contributed by atoms with E-state index in [2.05, 4.69) is 38.2 Å². The van der Waals surface area contributed by atoms with Gasteiger partial charge in [0.1, 0.15) is 6.61 Å². The van der Waals surface area contributed by atoms with Crippen molar-refractivity contribution in [3.8, 4) is 0 Å². The Labute approximate surface area is 514 Å². The zero-order valence-corrected chi connectivity index (χ0v) is 56.1. The molecule has 0 aromatic carbocycles. The lowest BCUT2D eigenvalue weighted by Crippen LogP contribution is -2.28. The van der Waals surface area contributed by atoms with Gasteiger partial charge in [0.15, 0.2) is 6.10 Å². The molecule has 0 aromatic rings. The van der Waals surface area contributed by atoms with Crippen LogP contribution in [-0.2, 0) is 19.1 Å². The third-order valence-corrected chi connectivity index (χ3v) is 17.7. The molecule has 0 aliphatic rings. The van der Waals surface area contributed by atoms with Gasteiger partial charge >= 0.3 is 11.9 Å². The minimum absolute atomic E-state index is 0.0587. The molecule has 5 heteroatoms. The van der Waals surface area contributed by atoms with E-state index in [0.29, 0.717) is 12.8 Å². The largest absolute Gasteiger partial charge is 0.462 e. The fraction of sp³-hybridized carbons (Fsp3) is 0.922. The molecule has 0 amide bonds. The summed E-state index contributed by atoms with van der Waals surface area (Å²) in [4.78, 5) is 24.7. The van der Waals surface area contributed by atoms with E-state index in [-0.39, 0.29) is 25.2 Å². The second kappa shape index (κ2) is 73.6. The Morgan fingerprint density at radius 3 is 0.720 bits per heavy atom. The summed E-state index contributed by atoms with van der Waals surface area (Å²) >= 11 is 0. The first-order chi connectivity index (χ1) is 40.6. The Kier molecular flexibility index (Phi) is 72.2. The lowest BCUT2D eigenvalue weighted by Gasteiger charge is -2.15. The van der Waals surface area contributed by atoms with Crippen molar-refractivity contribution in [3.63, 3.8) is 0 Å². The van der Waals surface area contributed by atoms with Gasteiger partial charge in [-0.05, 0) is 44.9 Å². The number of unbranched alkanes of at least 4 members (excludes halogenated alkanes) is 60.